The van der Waals surface area contributed by atoms with Gasteiger partial charge in [-0.25, -0.2) is 0 Å². The molecule has 0 bridgehead atoms. The van der Waals surface area contributed by atoms with Crippen LogP contribution in [-0.2, 0) is 4.79 Å². The van der Waals surface area contributed by atoms with E-state index in [0.717, 1.165) is 24.5 Å². The van der Waals surface area contributed by atoms with Crippen LogP contribution in [0.1, 0.15) is 50.1 Å². The minimum Gasteiger partial charge on any atom is -0.318 e. The Labute approximate surface area is 135 Å². The Morgan fingerprint density at radius 2 is 2.14 bits per heavy atom. The summed E-state index contributed by atoms with van der Waals surface area (Å²) in [5.41, 5.74) is 0. The lowest BCUT2D eigenvalue weighted by molar-refractivity contribution is -0.133. The van der Waals surface area contributed by atoms with Crippen molar-refractivity contribution in [3.8, 4) is 0 Å². The number of carbonyl (C=O) groups is 1. The number of hydrogen-bond donors (Lipinski definition) is 1. The fourth-order valence-corrected chi connectivity index (χ4v) is 5.08. The van der Waals surface area contributed by atoms with Crippen LogP contribution in [0.5, 0.6) is 0 Å². The Kier molecular flexibility index (Phi) is 4.92. The highest BCUT2D eigenvalue weighted by Gasteiger charge is 2.43. The summed E-state index contributed by atoms with van der Waals surface area (Å²) in [4.78, 5) is 16.2. The fourth-order valence-electron chi connectivity index (χ4n) is 3.56. The zero-order valence-corrected chi connectivity index (χ0v) is 14.4. The summed E-state index contributed by atoms with van der Waals surface area (Å²) in [5.74, 6) is 0.309. The van der Waals surface area contributed by atoms with Crippen molar-refractivity contribution in [2.24, 2.45) is 0 Å². The van der Waals surface area contributed by atoms with Crippen molar-refractivity contribution < 1.29 is 4.79 Å². The normalized spacial score (nSPS) is 33.6. The molecule has 1 aliphatic heterocycles. The molecule has 2 fully saturated rings. The summed E-state index contributed by atoms with van der Waals surface area (Å²) >= 11 is 3.72. The van der Waals surface area contributed by atoms with E-state index >= 15 is 0 Å². The molecule has 2 heterocycles. The highest BCUT2D eigenvalue weighted by Crippen LogP contribution is 2.37. The predicted octanol–water partition coefficient (Wildman–Crippen LogP) is 3.63. The topological polar surface area (TPSA) is 32.3 Å². The molecule has 3 nitrogen and oxygen atoms in total. The van der Waals surface area contributed by atoms with Crippen molar-refractivity contribution >= 4 is 29.0 Å². The highest BCUT2D eigenvalue weighted by atomic mass is 32.2. The maximum Gasteiger partial charge on any atom is 0.241 e. The van der Waals surface area contributed by atoms with Gasteiger partial charge in [0.2, 0.25) is 5.91 Å². The van der Waals surface area contributed by atoms with Crippen molar-refractivity contribution in [2.75, 3.05) is 6.26 Å². The Hall–Kier alpha value is -0.520. The number of hydrogen-bond acceptors (Lipinski definition) is 4. The molecule has 1 saturated heterocycles. The van der Waals surface area contributed by atoms with Crippen molar-refractivity contribution in [3.63, 3.8) is 0 Å². The van der Waals surface area contributed by atoms with Crippen LogP contribution in [0.2, 0.25) is 0 Å². The van der Waals surface area contributed by atoms with E-state index in [1.165, 1.54) is 17.7 Å². The summed E-state index contributed by atoms with van der Waals surface area (Å²) in [7, 11) is 0. The maximum absolute atomic E-state index is 12.8. The molecule has 1 aromatic heterocycles. The molecule has 1 saturated carbocycles. The second-order valence-electron chi connectivity index (χ2n) is 5.96. The largest absolute Gasteiger partial charge is 0.318 e. The number of thioether (sulfide) groups is 1. The molecule has 1 N–H and O–H groups in total. The van der Waals surface area contributed by atoms with Crippen LogP contribution in [0, 0.1) is 0 Å². The van der Waals surface area contributed by atoms with Crippen LogP contribution < -0.4 is 5.32 Å². The SMILES string of the molecule is CCC1NC(c2cccs2)N(C2CCC(SC)CC2)C1=O. The number of carbonyl (C=O) groups excluding carboxylic acids is 1. The summed E-state index contributed by atoms with van der Waals surface area (Å²) in [5, 5.41) is 6.43. The van der Waals surface area contributed by atoms with Gasteiger partial charge in [0.25, 0.3) is 0 Å². The zero-order chi connectivity index (χ0) is 14.8. The fraction of sp³-hybridized carbons (Fsp3) is 0.688. The minimum absolute atomic E-state index is 0.00428. The zero-order valence-electron chi connectivity index (χ0n) is 12.7. The van der Waals surface area contributed by atoms with Crippen LogP contribution in [0.3, 0.4) is 0 Å². The summed E-state index contributed by atoms with van der Waals surface area (Å²) in [6.45, 7) is 2.09. The Balaban J connectivity index is 1.78. The van der Waals surface area contributed by atoms with E-state index in [1.54, 1.807) is 11.3 Å². The molecule has 5 heteroatoms. The molecule has 21 heavy (non-hydrogen) atoms. The third kappa shape index (κ3) is 3.01. The van der Waals surface area contributed by atoms with Gasteiger partial charge in [0, 0.05) is 16.2 Å². The second-order valence-corrected chi connectivity index (χ2v) is 8.07. The molecule has 2 atom stereocenters. The average Bonchev–Trinajstić information content (AvgIpc) is 3.15. The molecule has 0 spiro atoms. The smallest absolute Gasteiger partial charge is 0.241 e. The molecular formula is C16H24N2OS2. The lowest BCUT2D eigenvalue weighted by atomic mass is 9.93. The van der Waals surface area contributed by atoms with Crippen LogP contribution >= 0.6 is 23.1 Å². The monoisotopic (exact) mass is 324 g/mol. The van der Waals surface area contributed by atoms with E-state index in [1.807, 2.05) is 11.8 Å². The van der Waals surface area contributed by atoms with Crippen molar-refractivity contribution in [1.82, 2.24) is 10.2 Å². The molecule has 2 aliphatic rings. The van der Waals surface area contributed by atoms with E-state index in [9.17, 15) is 4.79 Å². The summed E-state index contributed by atoms with van der Waals surface area (Å²) in [6, 6.07) is 4.63. The van der Waals surface area contributed by atoms with Crippen LogP contribution in [0.4, 0.5) is 0 Å². The van der Waals surface area contributed by atoms with Crippen molar-refractivity contribution in [1.29, 1.82) is 0 Å². The standard InChI is InChI=1S/C16H24N2OS2/c1-3-13-16(19)18(11-6-8-12(20-2)9-7-11)15(17-13)14-5-4-10-21-14/h4-5,10-13,15,17H,3,6-9H2,1-2H3. The molecule has 1 amide bonds. The van der Waals surface area contributed by atoms with Gasteiger partial charge in [-0.05, 0) is 49.8 Å². The van der Waals surface area contributed by atoms with Crippen molar-refractivity contribution in [3.05, 3.63) is 22.4 Å². The van der Waals surface area contributed by atoms with Crippen LogP contribution in [-0.4, -0.2) is 34.4 Å². The molecular weight excluding hydrogens is 300 g/mol. The van der Waals surface area contributed by atoms with Gasteiger partial charge in [-0.2, -0.15) is 11.8 Å². The number of nitrogens with zero attached hydrogens (tertiary/aromatic N) is 1. The molecule has 2 unspecified atom stereocenters. The van der Waals surface area contributed by atoms with Gasteiger partial charge in [0.1, 0.15) is 6.17 Å². The molecule has 1 aromatic rings. The van der Waals surface area contributed by atoms with E-state index < -0.39 is 0 Å². The van der Waals surface area contributed by atoms with Crippen LogP contribution in [0.15, 0.2) is 17.5 Å². The summed E-state index contributed by atoms with van der Waals surface area (Å²) in [6.07, 6.45) is 7.95. The van der Waals surface area contributed by atoms with E-state index in [-0.39, 0.29) is 12.2 Å². The highest BCUT2D eigenvalue weighted by molar-refractivity contribution is 7.99. The van der Waals surface area contributed by atoms with E-state index in [0.29, 0.717) is 11.9 Å². The first-order valence-electron chi connectivity index (χ1n) is 7.89. The quantitative estimate of drug-likeness (QED) is 0.918. The summed E-state index contributed by atoms with van der Waals surface area (Å²) < 4.78 is 0. The number of thiophene rings is 1. The predicted molar refractivity (Wildman–Crippen MR) is 90.7 cm³/mol. The van der Waals surface area contributed by atoms with Gasteiger partial charge in [0.05, 0.1) is 6.04 Å². The molecule has 116 valence electrons. The van der Waals surface area contributed by atoms with E-state index in [4.69, 9.17) is 0 Å². The van der Waals surface area contributed by atoms with Crippen molar-refractivity contribution in [2.45, 2.75) is 62.5 Å². The minimum atomic E-state index is -0.00428. The maximum atomic E-state index is 12.8. The Morgan fingerprint density at radius 1 is 1.38 bits per heavy atom. The third-order valence-corrected chi connectivity index (χ3v) is 6.84. The van der Waals surface area contributed by atoms with Crippen LogP contribution in [0.25, 0.3) is 0 Å². The van der Waals surface area contributed by atoms with Gasteiger partial charge in [-0.3, -0.25) is 10.1 Å². The third-order valence-electron chi connectivity index (χ3n) is 4.78. The number of nitrogens with one attached hydrogen (secondary N) is 1. The average molecular weight is 325 g/mol. The van der Waals surface area contributed by atoms with Gasteiger partial charge < -0.3 is 4.90 Å². The lowest BCUT2D eigenvalue weighted by Gasteiger charge is -2.37. The van der Waals surface area contributed by atoms with Gasteiger partial charge >= 0.3 is 0 Å². The second kappa shape index (κ2) is 6.71. The lowest BCUT2D eigenvalue weighted by Crippen LogP contribution is -2.42. The molecule has 0 radical (unpaired) electrons. The van der Waals surface area contributed by atoms with Gasteiger partial charge in [0.15, 0.2) is 0 Å². The number of rotatable bonds is 4. The van der Waals surface area contributed by atoms with Gasteiger partial charge in [-0.15, -0.1) is 11.3 Å². The van der Waals surface area contributed by atoms with Gasteiger partial charge in [-0.1, -0.05) is 13.0 Å². The number of amides is 1. The Bertz CT molecular complexity index is 469. The molecule has 0 aromatic carbocycles. The molecule has 1 aliphatic carbocycles. The first-order chi connectivity index (χ1) is 10.2. The Morgan fingerprint density at radius 3 is 2.71 bits per heavy atom. The molecule has 3 rings (SSSR count). The first kappa shape index (κ1) is 15.4. The first-order valence-corrected chi connectivity index (χ1v) is 10.1. The van der Waals surface area contributed by atoms with E-state index in [2.05, 4.69) is 40.9 Å².